The predicted octanol–water partition coefficient (Wildman–Crippen LogP) is 2.86. The maximum absolute atomic E-state index is 4.38. The standard InChI is InChI=1S/C15H15N3/c1-2-5-13(6-3-1)7-8-14-11-16-15(17-12-14)18-9-4-10-18/h1-3,5-8,11-12H,4,9-10H2/b8-7+. The Morgan fingerprint density at radius 1 is 0.889 bits per heavy atom. The van der Waals surface area contributed by atoms with Gasteiger partial charge in [0.25, 0.3) is 0 Å². The van der Waals surface area contributed by atoms with Crippen LogP contribution in [0.3, 0.4) is 0 Å². The van der Waals surface area contributed by atoms with Crippen LogP contribution in [0.2, 0.25) is 0 Å². The summed E-state index contributed by atoms with van der Waals surface area (Å²) in [6.07, 6.45) is 9.11. The molecule has 2 heterocycles. The Bertz CT molecular complexity index is 527. The molecule has 0 radical (unpaired) electrons. The largest absolute Gasteiger partial charge is 0.341 e. The van der Waals surface area contributed by atoms with E-state index in [2.05, 4.69) is 33.1 Å². The highest BCUT2D eigenvalue weighted by atomic mass is 15.3. The zero-order chi connectivity index (χ0) is 12.2. The van der Waals surface area contributed by atoms with Crippen molar-refractivity contribution in [1.82, 2.24) is 9.97 Å². The van der Waals surface area contributed by atoms with Gasteiger partial charge in [0.05, 0.1) is 0 Å². The molecule has 3 rings (SSSR count). The van der Waals surface area contributed by atoms with E-state index in [1.165, 1.54) is 12.0 Å². The van der Waals surface area contributed by atoms with Crippen molar-refractivity contribution >= 4 is 18.1 Å². The average Bonchev–Trinajstić information content (AvgIpc) is 2.37. The Balaban J connectivity index is 1.71. The van der Waals surface area contributed by atoms with E-state index in [-0.39, 0.29) is 0 Å². The molecule has 0 saturated carbocycles. The van der Waals surface area contributed by atoms with Crippen molar-refractivity contribution in [2.45, 2.75) is 6.42 Å². The molecule has 1 aliphatic rings. The first kappa shape index (κ1) is 11.0. The summed E-state index contributed by atoms with van der Waals surface area (Å²) in [4.78, 5) is 10.9. The lowest BCUT2D eigenvalue weighted by Crippen LogP contribution is -2.38. The van der Waals surface area contributed by atoms with Crippen molar-refractivity contribution in [2.75, 3.05) is 18.0 Å². The van der Waals surface area contributed by atoms with E-state index >= 15 is 0 Å². The lowest BCUT2D eigenvalue weighted by Gasteiger charge is -2.30. The highest BCUT2D eigenvalue weighted by Crippen LogP contribution is 2.15. The summed E-state index contributed by atoms with van der Waals surface area (Å²) in [6.45, 7) is 2.17. The van der Waals surface area contributed by atoms with Crippen molar-refractivity contribution in [2.24, 2.45) is 0 Å². The topological polar surface area (TPSA) is 29.0 Å². The predicted molar refractivity (Wildman–Crippen MR) is 74.2 cm³/mol. The molecule has 1 aromatic carbocycles. The maximum Gasteiger partial charge on any atom is 0.225 e. The van der Waals surface area contributed by atoms with Crippen molar-refractivity contribution in [3.63, 3.8) is 0 Å². The molecule has 90 valence electrons. The zero-order valence-electron chi connectivity index (χ0n) is 10.2. The van der Waals surface area contributed by atoms with E-state index < -0.39 is 0 Å². The molecule has 1 aromatic heterocycles. The zero-order valence-corrected chi connectivity index (χ0v) is 10.2. The second-order valence-corrected chi connectivity index (χ2v) is 4.40. The molecule has 0 unspecified atom stereocenters. The Hall–Kier alpha value is -2.16. The third-order valence-corrected chi connectivity index (χ3v) is 3.06. The van der Waals surface area contributed by atoms with Crippen LogP contribution in [0.5, 0.6) is 0 Å². The highest BCUT2D eigenvalue weighted by Gasteiger charge is 2.16. The summed E-state index contributed by atoms with van der Waals surface area (Å²) < 4.78 is 0. The maximum atomic E-state index is 4.38. The normalized spacial score (nSPS) is 14.8. The minimum absolute atomic E-state index is 0.845. The van der Waals surface area contributed by atoms with Gasteiger partial charge in [0, 0.05) is 31.0 Å². The Morgan fingerprint density at radius 2 is 1.56 bits per heavy atom. The average molecular weight is 237 g/mol. The SMILES string of the molecule is C(=C\c1cnc(N2CCC2)nc1)/c1ccccc1. The molecule has 2 aromatic rings. The van der Waals surface area contributed by atoms with Gasteiger partial charge in [-0.25, -0.2) is 9.97 Å². The van der Waals surface area contributed by atoms with Gasteiger partial charge in [-0.3, -0.25) is 0 Å². The van der Waals surface area contributed by atoms with E-state index in [0.29, 0.717) is 0 Å². The van der Waals surface area contributed by atoms with Crippen LogP contribution in [0.15, 0.2) is 42.7 Å². The summed E-state index contributed by atoms with van der Waals surface area (Å²) in [5.74, 6) is 0.845. The van der Waals surface area contributed by atoms with Crippen LogP contribution in [-0.4, -0.2) is 23.1 Å². The molecule has 0 N–H and O–H groups in total. The fourth-order valence-electron chi connectivity index (χ4n) is 1.85. The molecule has 1 saturated heterocycles. The van der Waals surface area contributed by atoms with Gasteiger partial charge in [-0.05, 0) is 12.0 Å². The van der Waals surface area contributed by atoms with E-state index in [1.54, 1.807) is 0 Å². The van der Waals surface area contributed by atoms with Gasteiger partial charge < -0.3 is 4.90 Å². The molecule has 0 bridgehead atoms. The Kier molecular flexibility index (Phi) is 3.05. The van der Waals surface area contributed by atoms with Gasteiger partial charge in [0.2, 0.25) is 5.95 Å². The van der Waals surface area contributed by atoms with Gasteiger partial charge in [-0.15, -0.1) is 0 Å². The van der Waals surface area contributed by atoms with Crippen molar-refractivity contribution in [3.05, 3.63) is 53.9 Å². The molecule has 3 nitrogen and oxygen atoms in total. The van der Waals surface area contributed by atoms with Crippen LogP contribution < -0.4 is 4.90 Å². The molecule has 1 aliphatic heterocycles. The molecule has 1 fully saturated rings. The Morgan fingerprint density at radius 3 is 2.17 bits per heavy atom. The quantitative estimate of drug-likeness (QED) is 0.822. The molecule has 0 spiro atoms. The van der Waals surface area contributed by atoms with E-state index in [1.807, 2.05) is 36.7 Å². The van der Waals surface area contributed by atoms with Gasteiger partial charge in [-0.1, -0.05) is 42.5 Å². The first-order valence-electron chi connectivity index (χ1n) is 6.22. The van der Waals surface area contributed by atoms with Gasteiger partial charge in [0.15, 0.2) is 0 Å². The minimum Gasteiger partial charge on any atom is -0.341 e. The number of aromatic nitrogens is 2. The van der Waals surface area contributed by atoms with Crippen molar-refractivity contribution in [1.29, 1.82) is 0 Å². The first-order chi connectivity index (χ1) is 8.92. The number of anilines is 1. The molecule has 3 heteroatoms. The third kappa shape index (κ3) is 2.40. The second-order valence-electron chi connectivity index (χ2n) is 4.40. The molecule has 18 heavy (non-hydrogen) atoms. The second kappa shape index (κ2) is 5.00. The highest BCUT2D eigenvalue weighted by molar-refractivity contribution is 5.68. The van der Waals surface area contributed by atoms with Crippen LogP contribution in [-0.2, 0) is 0 Å². The van der Waals surface area contributed by atoms with Gasteiger partial charge in [0.1, 0.15) is 0 Å². The fourth-order valence-corrected chi connectivity index (χ4v) is 1.85. The smallest absolute Gasteiger partial charge is 0.225 e. The minimum atomic E-state index is 0.845. The summed E-state index contributed by atoms with van der Waals surface area (Å²) >= 11 is 0. The Labute approximate surface area is 107 Å². The lowest BCUT2D eigenvalue weighted by atomic mass is 10.2. The van der Waals surface area contributed by atoms with E-state index in [9.17, 15) is 0 Å². The van der Waals surface area contributed by atoms with Crippen LogP contribution in [0.4, 0.5) is 5.95 Å². The van der Waals surface area contributed by atoms with Gasteiger partial charge in [-0.2, -0.15) is 0 Å². The monoisotopic (exact) mass is 237 g/mol. The van der Waals surface area contributed by atoms with Crippen molar-refractivity contribution in [3.8, 4) is 0 Å². The van der Waals surface area contributed by atoms with Crippen LogP contribution >= 0.6 is 0 Å². The number of hydrogen-bond donors (Lipinski definition) is 0. The number of nitrogens with zero attached hydrogens (tertiary/aromatic N) is 3. The first-order valence-corrected chi connectivity index (χ1v) is 6.22. The van der Waals surface area contributed by atoms with Crippen LogP contribution in [0.1, 0.15) is 17.5 Å². The number of hydrogen-bond acceptors (Lipinski definition) is 3. The van der Waals surface area contributed by atoms with Gasteiger partial charge >= 0.3 is 0 Å². The van der Waals surface area contributed by atoms with Crippen LogP contribution in [0.25, 0.3) is 12.2 Å². The van der Waals surface area contributed by atoms with E-state index in [0.717, 1.165) is 24.6 Å². The molecular weight excluding hydrogens is 222 g/mol. The van der Waals surface area contributed by atoms with E-state index in [4.69, 9.17) is 0 Å². The molecular formula is C15H15N3. The lowest BCUT2D eigenvalue weighted by molar-refractivity contribution is 0.600. The fraction of sp³-hybridized carbons (Fsp3) is 0.200. The number of rotatable bonds is 3. The molecule has 0 aliphatic carbocycles. The molecule has 0 atom stereocenters. The number of benzene rings is 1. The molecule has 0 amide bonds. The summed E-state index contributed by atoms with van der Waals surface area (Å²) in [5.41, 5.74) is 2.22. The van der Waals surface area contributed by atoms with Crippen LogP contribution in [0, 0.1) is 0 Å². The summed E-state index contributed by atoms with van der Waals surface area (Å²) in [6, 6.07) is 10.2. The summed E-state index contributed by atoms with van der Waals surface area (Å²) in [5, 5.41) is 0. The third-order valence-electron chi connectivity index (χ3n) is 3.06. The van der Waals surface area contributed by atoms with Crippen molar-refractivity contribution < 1.29 is 0 Å². The summed E-state index contributed by atoms with van der Waals surface area (Å²) in [7, 11) is 0.